The number of anilines is 1. The fourth-order valence-corrected chi connectivity index (χ4v) is 2.20. The molecule has 0 bridgehead atoms. The number of nitrogens with one attached hydrogen (secondary N) is 1. The maximum Gasteiger partial charge on any atom is 0.335 e. The van der Waals surface area contributed by atoms with E-state index in [0.29, 0.717) is 12.8 Å². The Bertz CT molecular complexity index is 648. The number of non-ortho nitro benzene ring substituents is 1. The molecule has 0 unspecified atom stereocenters. The molecule has 20 heavy (non-hydrogen) atoms. The van der Waals surface area contributed by atoms with Crippen LogP contribution in [0.4, 0.5) is 16.2 Å². The van der Waals surface area contributed by atoms with Gasteiger partial charge < -0.3 is 0 Å². The van der Waals surface area contributed by atoms with E-state index < -0.39 is 28.2 Å². The first-order chi connectivity index (χ1) is 9.45. The number of nitro benzene ring substituents is 1. The van der Waals surface area contributed by atoms with Crippen molar-refractivity contribution in [2.24, 2.45) is 5.41 Å². The minimum atomic E-state index is -1.13. The highest BCUT2D eigenvalue weighted by atomic mass is 16.6. The molecule has 0 atom stereocenters. The summed E-state index contributed by atoms with van der Waals surface area (Å²) < 4.78 is 0. The summed E-state index contributed by atoms with van der Waals surface area (Å²) in [5.74, 6) is -1.13. The van der Waals surface area contributed by atoms with Gasteiger partial charge in [-0.15, -0.1) is 0 Å². The van der Waals surface area contributed by atoms with Crippen molar-refractivity contribution in [3.05, 3.63) is 34.4 Å². The molecule has 1 saturated carbocycles. The van der Waals surface area contributed by atoms with Gasteiger partial charge in [-0.25, -0.2) is 9.69 Å². The normalized spacial score (nSPS) is 20.0. The quantitative estimate of drug-likeness (QED) is 0.491. The highest BCUT2D eigenvalue weighted by molar-refractivity contribution is 6.31. The molecule has 1 aromatic rings. The monoisotopic (exact) mass is 275 g/mol. The predicted octanol–water partition coefficient (Wildman–Crippen LogP) is 0.958. The molecule has 8 heteroatoms. The van der Waals surface area contributed by atoms with Gasteiger partial charge in [-0.3, -0.25) is 25.0 Å². The van der Waals surface area contributed by atoms with Gasteiger partial charge in [0.1, 0.15) is 5.41 Å². The number of carbonyl (C=O) groups excluding carboxylic acids is 3. The summed E-state index contributed by atoms with van der Waals surface area (Å²) in [5.41, 5.74) is -1.07. The molecule has 4 amide bonds. The van der Waals surface area contributed by atoms with Crippen LogP contribution in [-0.4, -0.2) is 22.8 Å². The zero-order valence-electron chi connectivity index (χ0n) is 10.2. The van der Waals surface area contributed by atoms with Crippen LogP contribution in [0, 0.1) is 15.5 Å². The Kier molecular flexibility index (Phi) is 2.37. The van der Waals surface area contributed by atoms with E-state index in [0.717, 1.165) is 4.90 Å². The van der Waals surface area contributed by atoms with Crippen molar-refractivity contribution >= 4 is 29.2 Å². The zero-order chi connectivity index (χ0) is 14.5. The molecular formula is C12H9N3O5. The lowest BCUT2D eigenvalue weighted by Gasteiger charge is -2.30. The van der Waals surface area contributed by atoms with Crippen molar-refractivity contribution in [1.82, 2.24) is 5.32 Å². The maximum absolute atomic E-state index is 12.3. The van der Waals surface area contributed by atoms with E-state index in [2.05, 4.69) is 5.32 Å². The molecule has 8 nitrogen and oxygen atoms in total. The van der Waals surface area contributed by atoms with Crippen molar-refractivity contribution in [2.45, 2.75) is 12.8 Å². The Morgan fingerprint density at radius 2 is 1.75 bits per heavy atom. The van der Waals surface area contributed by atoms with Crippen molar-refractivity contribution in [3.63, 3.8) is 0 Å². The summed E-state index contributed by atoms with van der Waals surface area (Å²) in [6.45, 7) is 0. The van der Waals surface area contributed by atoms with E-state index in [9.17, 15) is 24.5 Å². The number of urea groups is 1. The lowest BCUT2D eigenvalue weighted by molar-refractivity contribution is -0.384. The van der Waals surface area contributed by atoms with Gasteiger partial charge >= 0.3 is 6.03 Å². The third-order valence-corrected chi connectivity index (χ3v) is 3.54. The van der Waals surface area contributed by atoms with Gasteiger partial charge in [-0.2, -0.15) is 0 Å². The standard InChI is InChI=1S/C12H9N3O5/c16-9-12(5-6-12)10(17)14(11(18)13-9)7-1-3-8(4-2-7)15(19)20/h1-4H,5-6H2,(H,13,16,18). The van der Waals surface area contributed by atoms with Crippen LogP contribution in [0.25, 0.3) is 0 Å². The highest BCUT2D eigenvalue weighted by Gasteiger charge is 2.62. The van der Waals surface area contributed by atoms with Crippen molar-refractivity contribution in [1.29, 1.82) is 0 Å². The van der Waals surface area contributed by atoms with Crippen LogP contribution < -0.4 is 10.2 Å². The van der Waals surface area contributed by atoms with E-state index in [4.69, 9.17) is 0 Å². The smallest absolute Gasteiger partial charge is 0.276 e. The van der Waals surface area contributed by atoms with Gasteiger partial charge in [0.25, 0.3) is 11.6 Å². The molecule has 102 valence electrons. The van der Waals surface area contributed by atoms with Crippen LogP contribution in [0.15, 0.2) is 24.3 Å². The van der Waals surface area contributed by atoms with E-state index in [1.54, 1.807) is 0 Å². The lowest BCUT2D eigenvalue weighted by Crippen LogP contribution is -2.59. The molecule has 2 aliphatic rings. The zero-order valence-corrected chi connectivity index (χ0v) is 10.2. The average Bonchev–Trinajstić information content (AvgIpc) is 3.19. The number of benzene rings is 1. The molecule has 1 aromatic carbocycles. The molecule has 2 fully saturated rings. The Morgan fingerprint density at radius 1 is 1.15 bits per heavy atom. The minimum absolute atomic E-state index is 0.143. The van der Waals surface area contributed by atoms with Gasteiger partial charge in [-0.05, 0) is 25.0 Å². The SMILES string of the molecule is O=C1NC(=O)C2(CC2)C(=O)N1c1ccc([N+](=O)[O-])cc1. The number of amides is 4. The van der Waals surface area contributed by atoms with Crippen LogP contribution >= 0.6 is 0 Å². The second kappa shape index (κ2) is 3.86. The Labute approximate surface area is 112 Å². The summed E-state index contributed by atoms with van der Waals surface area (Å²) in [6, 6.07) is 4.19. The Morgan fingerprint density at radius 3 is 2.25 bits per heavy atom. The van der Waals surface area contributed by atoms with Gasteiger partial charge in [0.05, 0.1) is 10.6 Å². The molecule has 1 saturated heterocycles. The number of rotatable bonds is 2. The van der Waals surface area contributed by atoms with Crippen LogP contribution in [-0.2, 0) is 9.59 Å². The largest absolute Gasteiger partial charge is 0.335 e. The van der Waals surface area contributed by atoms with Crippen molar-refractivity contribution in [3.8, 4) is 0 Å². The first-order valence-electron chi connectivity index (χ1n) is 5.90. The Balaban J connectivity index is 1.96. The fraction of sp³-hybridized carbons (Fsp3) is 0.250. The molecule has 1 heterocycles. The first-order valence-corrected chi connectivity index (χ1v) is 5.90. The Hall–Kier alpha value is -2.77. The summed E-state index contributed by atoms with van der Waals surface area (Å²) in [4.78, 5) is 46.6. The molecule has 1 spiro atoms. The lowest BCUT2D eigenvalue weighted by atomic mass is 10.0. The molecule has 3 rings (SSSR count). The first kappa shape index (κ1) is 12.3. The average molecular weight is 275 g/mol. The third kappa shape index (κ3) is 1.58. The topological polar surface area (TPSA) is 110 Å². The number of hydrogen-bond donors (Lipinski definition) is 1. The van der Waals surface area contributed by atoms with E-state index in [1.165, 1.54) is 24.3 Å². The van der Waals surface area contributed by atoms with E-state index in [1.807, 2.05) is 0 Å². The molecule has 1 N–H and O–H groups in total. The molecule has 1 aliphatic heterocycles. The third-order valence-electron chi connectivity index (χ3n) is 3.54. The van der Waals surface area contributed by atoms with Crippen molar-refractivity contribution < 1.29 is 19.3 Å². The number of imide groups is 2. The summed E-state index contributed by atoms with van der Waals surface area (Å²) in [7, 11) is 0. The minimum Gasteiger partial charge on any atom is -0.276 e. The second-order valence-corrected chi connectivity index (χ2v) is 4.76. The molecule has 0 radical (unpaired) electrons. The maximum atomic E-state index is 12.3. The number of hydrogen-bond acceptors (Lipinski definition) is 5. The number of nitro groups is 1. The second-order valence-electron chi connectivity index (χ2n) is 4.76. The predicted molar refractivity (Wildman–Crippen MR) is 65.8 cm³/mol. The van der Waals surface area contributed by atoms with Crippen LogP contribution in [0.1, 0.15) is 12.8 Å². The number of carbonyl (C=O) groups is 3. The highest BCUT2D eigenvalue weighted by Crippen LogP contribution is 2.49. The van der Waals surface area contributed by atoms with Crippen LogP contribution in [0.3, 0.4) is 0 Å². The molecular weight excluding hydrogens is 266 g/mol. The summed E-state index contributed by atoms with van der Waals surface area (Å²) in [5, 5.41) is 12.7. The summed E-state index contributed by atoms with van der Waals surface area (Å²) >= 11 is 0. The van der Waals surface area contributed by atoms with Crippen molar-refractivity contribution in [2.75, 3.05) is 4.90 Å². The molecule has 0 aromatic heterocycles. The number of nitrogens with zero attached hydrogens (tertiary/aromatic N) is 2. The van der Waals surface area contributed by atoms with Gasteiger partial charge in [0, 0.05) is 12.1 Å². The van der Waals surface area contributed by atoms with Gasteiger partial charge in [0.15, 0.2) is 0 Å². The number of barbiturate groups is 1. The van der Waals surface area contributed by atoms with Gasteiger partial charge in [-0.1, -0.05) is 0 Å². The fourth-order valence-electron chi connectivity index (χ4n) is 2.20. The van der Waals surface area contributed by atoms with Gasteiger partial charge in [0.2, 0.25) is 5.91 Å². The van der Waals surface area contributed by atoms with Crippen LogP contribution in [0.5, 0.6) is 0 Å². The van der Waals surface area contributed by atoms with E-state index in [-0.39, 0.29) is 11.4 Å². The molecule has 1 aliphatic carbocycles. The summed E-state index contributed by atoms with van der Waals surface area (Å²) in [6.07, 6.45) is 0.822. The van der Waals surface area contributed by atoms with E-state index >= 15 is 0 Å². The van der Waals surface area contributed by atoms with Crippen LogP contribution in [0.2, 0.25) is 0 Å².